The maximum Gasteiger partial charge on any atom is 0.327 e. The molecule has 6 heteroatoms. The molecule has 0 unspecified atom stereocenters. The van der Waals surface area contributed by atoms with Gasteiger partial charge >= 0.3 is 6.03 Å². The van der Waals surface area contributed by atoms with E-state index in [-0.39, 0.29) is 11.6 Å². The lowest BCUT2D eigenvalue weighted by Gasteiger charge is -2.24. The Morgan fingerprint density at radius 2 is 1.94 bits per heavy atom. The smallest absolute Gasteiger partial charge is 0.320 e. The summed E-state index contributed by atoms with van der Waals surface area (Å²) in [5.41, 5.74) is -0.177. The number of anilines is 1. The number of urea groups is 1. The first-order valence-corrected chi connectivity index (χ1v) is 6.02. The molecular weight excluding hydrogens is 319 g/mol. The fourth-order valence-corrected chi connectivity index (χ4v) is 1.88. The summed E-state index contributed by atoms with van der Waals surface area (Å²) in [6.45, 7) is 4.66. The number of nitrogens with zero attached hydrogens (tertiary/aromatic N) is 4. The van der Waals surface area contributed by atoms with Crippen LogP contribution >= 0.6 is 22.6 Å². The molecule has 5 nitrogen and oxygen atoms in total. The van der Waals surface area contributed by atoms with Gasteiger partial charge in [0.05, 0.1) is 12.1 Å². The van der Waals surface area contributed by atoms with Gasteiger partial charge in [0, 0.05) is 23.0 Å². The second kappa shape index (κ2) is 3.83. The van der Waals surface area contributed by atoms with Crippen LogP contribution in [0.25, 0.3) is 0 Å². The fraction of sp³-hybridized carbons (Fsp3) is 0.500. The largest absolute Gasteiger partial charge is 0.327 e. The molecule has 0 radical (unpaired) electrons. The zero-order chi connectivity index (χ0) is 11.9. The van der Waals surface area contributed by atoms with Gasteiger partial charge in [-0.3, -0.25) is 4.90 Å². The van der Waals surface area contributed by atoms with E-state index in [1.54, 1.807) is 29.2 Å². The van der Waals surface area contributed by atoms with E-state index in [4.69, 9.17) is 0 Å². The second-order valence-electron chi connectivity index (χ2n) is 4.44. The SMILES string of the molecule is CN1C(=O)N(c2ncc(I)cn2)CC1(C)C. The summed E-state index contributed by atoms with van der Waals surface area (Å²) in [6.07, 6.45) is 3.42. The molecule has 0 N–H and O–H groups in total. The number of hydrogen-bond acceptors (Lipinski definition) is 3. The van der Waals surface area contributed by atoms with Gasteiger partial charge in [0.2, 0.25) is 5.95 Å². The lowest BCUT2D eigenvalue weighted by molar-refractivity contribution is 0.198. The normalized spacial score (nSPS) is 19.4. The number of likely N-dealkylation sites (N-methyl/N-ethyl adjacent to an activating group) is 1. The molecule has 2 rings (SSSR count). The molecule has 0 atom stereocenters. The van der Waals surface area contributed by atoms with Crippen LogP contribution in [-0.4, -0.2) is 40.0 Å². The summed E-state index contributed by atoms with van der Waals surface area (Å²) in [4.78, 5) is 23.6. The van der Waals surface area contributed by atoms with Crippen LogP contribution in [0.1, 0.15) is 13.8 Å². The van der Waals surface area contributed by atoms with E-state index in [1.807, 2.05) is 13.8 Å². The zero-order valence-electron chi connectivity index (χ0n) is 9.44. The fourth-order valence-electron chi connectivity index (χ4n) is 1.60. The number of aromatic nitrogens is 2. The van der Waals surface area contributed by atoms with E-state index in [0.717, 1.165) is 3.57 Å². The van der Waals surface area contributed by atoms with Gasteiger partial charge in [0.15, 0.2) is 0 Å². The monoisotopic (exact) mass is 332 g/mol. The van der Waals surface area contributed by atoms with E-state index < -0.39 is 0 Å². The number of carbonyl (C=O) groups excluding carboxylic acids is 1. The third-order valence-corrected chi connectivity index (χ3v) is 3.38. The predicted molar refractivity (Wildman–Crippen MR) is 69.3 cm³/mol. The average Bonchev–Trinajstić information content (AvgIpc) is 2.44. The Morgan fingerprint density at radius 3 is 2.38 bits per heavy atom. The van der Waals surface area contributed by atoms with E-state index in [0.29, 0.717) is 12.5 Å². The predicted octanol–water partition coefficient (Wildman–Crippen LogP) is 1.73. The maximum atomic E-state index is 12.0. The Bertz CT molecular complexity index is 417. The highest BCUT2D eigenvalue weighted by molar-refractivity contribution is 14.1. The van der Waals surface area contributed by atoms with Crippen molar-refractivity contribution in [1.29, 1.82) is 0 Å². The van der Waals surface area contributed by atoms with Gasteiger partial charge < -0.3 is 4.90 Å². The van der Waals surface area contributed by atoms with Gasteiger partial charge in [-0.25, -0.2) is 14.8 Å². The minimum absolute atomic E-state index is 0.0498. The van der Waals surface area contributed by atoms with Crippen molar-refractivity contribution in [2.45, 2.75) is 19.4 Å². The van der Waals surface area contributed by atoms with Gasteiger partial charge in [-0.05, 0) is 36.4 Å². The average molecular weight is 332 g/mol. The molecule has 0 aromatic carbocycles. The summed E-state index contributed by atoms with van der Waals surface area (Å²) in [5.74, 6) is 0.475. The van der Waals surface area contributed by atoms with Gasteiger partial charge in [-0.2, -0.15) is 0 Å². The molecule has 1 saturated heterocycles. The molecule has 2 heterocycles. The lowest BCUT2D eigenvalue weighted by Crippen LogP contribution is -2.38. The highest BCUT2D eigenvalue weighted by Gasteiger charge is 2.42. The number of carbonyl (C=O) groups is 1. The van der Waals surface area contributed by atoms with Crippen LogP contribution < -0.4 is 4.90 Å². The number of rotatable bonds is 1. The van der Waals surface area contributed by atoms with E-state index >= 15 is 0 Å². The van der Waals surface area contributed by atoms with Gasteiger partial charge in [0.25, 0.3) is 0 Å². The van der Waals surface area contributed by atoms with Crippen LogP contribution in [0.3, 0.4) is 0 Å². The van der Waals surface area contributed by atoms with E-state index in [1.165, 1.54) is 0 Å². The first-order valence-electron chi connectivity index (χ1n) is 4.95. The number of halogens is 1. The molecule has 2 amide bonds. The Morgan fingerprint density at radius 1 is 1.38 bits per heavy atom. The standard InChI is InChI=1S/C10H13IN4O/c1-10(2)6-15(9(16)14(10)3)8-12-4-7(11)5-13-8/h4-5H,6H2,1-3H3. The van der Waals surface area contributed by atoms with Crippen LogP contribution in [0.2, 0.25) is 0 Å². The molecule has 1 aromatic heterocycles. The van der Waals surface area contributed by atoms with Crippen molar-refractivity contribution in [2.24, 2.45) is 0 Å². The van der Waals surface area contributed by atoms with Crippen LogP contribution in [0.5, 0.6) is 0 Å². The molecule has 0 saturated carbocycles. The van der Waals surface area contributed by atoms with Crippen LogP contribution in [0, 0.1) is 3.57 Å². The first kappa shape index (κ1) is 11.6. The summed E-state index contributed by atoms with van der Waals surface area (Å²) in [7, 11) is 1.80. The first-order chi connectivity index (χ1) is 7.42. The lowest BCUT2D eigenvalue weighted by atomic mass is 10.1. The van der Waals surface area contributed by atoms with Crippen molar-refractivity contribution >= 4 is 34.6 Å². The third kappa shape index (κ3) is 1.85. The molecule has 0 bridgehead atoms. The molecule has 1 aliphatic rings. The molecular formula is C10H13IN4O. The molecule has 0 spiro atoms. The Kier molecular flexibility index (Phi) is 2.77. The van der Waals surface area contributed by atoms with Crippen molar-refractivity contribution in [2.75, 3.05) is 18.5 Å². The highest BCUT2D eigenvalue weighted by Crippen LogP contribution is 2.26. The van der Waals surface area contributed by atoms with Gasteiger partial charge in [-0.1, -0.05) is 0 Å². The molecule has 1 aliphatic heterocycles. The van der Waals surface area contributed by atoms with Crippen LogP contribution in [-0.2, 0) is 0 Å². The van der Waals surface area contributed by atoms with Crippen molar-refractivity contribution in [3.8, 4) is 0 Å². The summed E-state index contributed by atoms with van der Waals surface area (Å²) < 4.78 is 0.959. The van der Waals surface area contributed by atoms with Crippen LogP contribution in [0.4, 0.5) is 10.7 Å². The van der Waals surface area contributed by atoms with Crippen LogP contribution in [0.15, 0.2) is 12.4 Å². The molecule has 1 aromatic rings. The quantitative estimate of drug-likeness (QED) is 0.736. The Labute approximate surface area is 108 Å². The Balaban J connectivity index is 2.30. The molecule has 16 heavy (non-hydrogen) atoms. The van der Waals surface area contributed by atoms with E-state index in [2.05, 4.69) is 32.6 Å². The van der Waals surface area contributed by atoms with Crippen molar-refractivity contribution in [3.05, 3.63) is 16.0 Å². The molecule has 0 aliphatic carbocycles. The number of amides is 2. The molecule has 86 valence electrons. The number of hydrogen-bond donors (Lipinski definition) is 0. The van der Waals surface area contributed by atoms with Crippen molar-refractivity contribution in [3.63, 3.8) is 0 Å². The third-order valence-electron chi connectivity index (χ3n) is 2.82. The van der Waals surface area contributed by atoms with Gasteiger partial charge in [-0.15, -0.1) is 0 Å². The van der Waals surface area contributed by atoms with Gasteiger partial charge in [0.1, 0.15) is 0 Å². The molecule has 1 fully saturated rings. The summed E-state index contributed by atoms with van der Waals surface area (Å²) >= 11 is 2.14. The van der Waals surface area contributed by atoms with Crippen molar-refractivity contribution < 1.29 is 4.79 Å². The van der Waals surface area contributed by atoms with E-state index in [9.17, 15) is 4.79 Å². The second-order valence-corrected chi connectivity index (χ2v) is 5.69. The van der Waals surface area contributed by atoms with Crippen molar-refractivity contribution in [1.82, 2.24) is 14.9 Å². The summed E-state index contributed by atoms with van der Waals surface area (Å²) in [5, 5.41) is 0. The highest BCUT2D eigenvalue weighted by atomic mass is 127. The maximum absolute atomic E-state index is 12.0. The minimum Gasteiger partial charge on any atom is -0.320 e. The minimum atomic E-state index is -0.177. The topological polar surface area (TPSA) is 49.3 Å². The zero-order valence-corrected chi connectivity index (χ0v) is 11.6. The Hall–Kier alpha value is -0.920. The summed E-state index contributed by atoms with van der Waals surface area (Å²) in [6, 6.07) is -0.0498.